The van der Waals surface area contributed by atoms with Gasteiger partial charge in [-0.25, -0.2) is 0 Å². The summed E-state index contributed by atoms with van der Waals surface area (Å²) in [5, 5.41) is 1.12. The number of aromatic nitrogens is 1. The summed E-state index contributed by atoms with van der Waals surface area (Å²) in [4.78, 5) is 18.5. The Morgan fingerprint density at radius 2 is 1.80 bits per heavy atom. The number of fused-ring (bicyclic) bond motifs is 1. The Balaban J connectivity index is 1.74. The third-order valence-corrected chi connectivity index (χ3v) is 6.31. The van der Waals surface area contributed by atoms with E-state index in [2.05, 4.69) is 62.3 Å². The minimum atomic E-state index is 0.00738. The van der Waals surface area contributed by atoms with Gasteiger partial charge in [0, 0.05) is 42.5 Å². The van der Waals surface area contributed by atoms with Crippen LogP contribution in [0.3, 0.4) is 0 Å². The van der Waals surface area contributed by atoms with E-state index in [1.165, 1.54) is 11.1 Å². The van der Waals surface area contributed by atoms with E-state index in [1.807, 2.05) is 17.0 Å². The van der Waals surface area contributed by atoms with Crippen LogP contribution in [0.4, 0.5) is 0 Å². The monoisotopic (exact) mass is 404 g/mol. The fourth-order valence-corrected chi connectivity index (χ4v) is 4.43. The van der Waals surface area contributed by atoms with E-state index in [0.29, 0.717) is 6.42 Å². The first kappa shape index (κ1) is 20.5. The number of methoxy groups -OCH3 is 1. The molecular weight excluding hydrogens is 372 g/mol. The first-order valence-electron chi connectivity index (χ1n) is 10.9. The molecule has 1 amide bonds. The van der Waals surface area contributed by atoms with Gasteiger partial charge in [0.15, 0.2) is 0 Å². The maximum atomic E-state index is 13.1. The third kappa shape index (κ3) is 4.09. The van der Waals surface area contributed by atoms with Gasteiger partial charge in [0.1, 0.15) is 5.75 Å². The van der Waals surface area contributed by atoms with Gasteiger partial charge < -0.3 is 14.6 Å². The number of hydrogen-bond acceptors (Lipinski definition) is 2. The van der Waals surface area contributed by atoms with Crippen molar-refractivity contribution in [1.29, 1.82) is 0 Å². The number of amides is 1. The van der Waals surface area contributed by atoms with Crippen molar-refractivity contribution in [1.82, 2.24) is 9.88 Å². The highest BCUT2D eigenvalue weighted by molar-refractivity contribution is 5.87. The Labute approximate surface area is 179 Å². The molecule has 30 heavy (non-hydrogen) atoms. The van der Waals surface area contributed by atoms with E-state index in [1.54, 1.807) is 7.11 Å². The SMILES string of the molecule is COc1ccc2[nH]cc([C@@H](CC(=O)N3CCCC3)c3ccc(C(C)(C)C)cc3)c2c1. The fourth-order valence-electron chi connectivity index (χ4n) is 4.43. The average Bonchev–Trinajstić information content (AvgIpc) is 3.41. The predicted octanol–water partition coefficient (Wildman–Crippen LogP) is 5.62. The topological polar surface area (TPSA) is 45.3 Å². The first-order chi connectivity index (χ1) is 14.4. The van der Waals surface area contributed by atoms with Gasteiger partial charge in [0.05, 0.1) is 7.11 Å². The van der Waals surface area contributed by atoms with E-state index >= 15 is 0 Å². The molecule has 4 nitrogen and oxygen atoms in total. The summed E-state index contributed by atoms with van der Waals surface area (Å²) >= 11 is 0. The minimum Gasteiger partial charge on any atom is -0.497 e. The number of nitrogens with zero attached hydrogens (tertiary/aromatic N) is 1. The smallest absolute Gasteiger partial charge is 0.223 e. The molecule has 0 radical (unpaired) electrons. The molecule has 1 fully saturated rings. The van der Waals surface area contributed by atoms with E-state index in [9.17, 15) is 4.79 Å². The lowest BCUT2D eigenvalue weighted by Crippen LogP contribution is -2.29. The van der Waals surface area contributed by atoms with Crippen molar-refractivity contribution in [3.63, 3.8) is 0 Å². The quantitative estimate of drug-likeness (QED) is 0.600. The molecule has 0 aliphatic carbocycles. The zero-order chi connectivity index (χ0) is 21.3. The van der Waals surface area contributed by atoms with Gasteiger partial charge in [-0.15, -0.1) is 0 Å². The second kappa shape index (κ2) is 8.17. The standard InChI is InChI=1S/C26H32N2O2/c1-26(2,3)19-9-7-18(8-10-19)21(16-25(29)28-13-5-6-14-28)23-17-27-24-12-11-20(30-4)15-22(23)24/h7-12,15,17,21,27H,5-6,13-14,16H2,1-4H3/t21-/m0/s1. The molecule has 0 spiro atoms. The number of hydrogen-bond donors (Lipinski definition) is 1. The molecule has 3 aromatic rings. The average molecular weight is 405 g/mol. The lowest BCUT2D eigenvalue weighted by Gasteiger charge is -2.23. The molecule has 2 aromatic carbocycles. The lowest BCUT2D eigenvalue weighted by atomic mass is 9.83. The minimum absolute atomic E-state index is 0.00738. The van der Waals surface area contributed by atoms with Gasteiger partial charge >= 0.3 is 0 Å². The Hall–Kier alpha value is -2.75. The summed E-state index contributed by atoms with van der Waals surface area (Å²) in [6, 6.07) is 14.9. The van der Waals surface area contributed by atoms with Crippen molar-refractivity contribution in [3.8, 4) is 5.75 Å². The number of carbonyl (C=O) groups excluding carboxylic acids is 1. The maximum absolute atomic E-state index is 13.1. The van der Waals surface area contributed by atoms with E-state index < -0.39 is 0 Å². The van der Waals surface area contributed by atoms with Crippen molar-refractivity contribution in [2.45, 2.75) is 51.4 Å². The number of likely N-dealkylation sites (tertiary alicyclic amines) is 1. The highest BCUT2D eigenvalue weighted by atomic mass is 16.5. The van der Waals surface area contributed by atoms with Crippen LogP contribution in [0.5, 0.6) is 5.75 Å². The molecule has 1 aliphatic heterocycles. The largest absolute Gasteiger partial charge is 0.497 e. The van der Waals surface area contributed by atoms with Gasteiger partial charge in [-0.05, 0) is 53.1 Å². The molecule has 0 bridgehead atoms. The number of aromatic amines is 1. The van der Waals surface area contributed by atoms with Gasteiger partial charge in [-0.3, -0.25) is 4.79 Å². The summed E-state index contributed by atoms with van der Waals surface area (Å²) in [5.41, 5.74) is 4.81. The summed E-state index contributed by atoms with van der Waals surface area (Å²) < 4.78 is 5.46. The molecule has 1 atom stereocenters. The zero-order valence-corrected chi connectivity index (χ0v) is 18.5. The van der Waals surface area contributed by atoms with Crippen LogP contribution in [0.15, 0.2) is 48.7 Å². The zero-order valence-electron chi connectivity index (χ0n) is 18.5. The van der Waals surface area contributed by atoms with E-state index in [-0.39, 0.29) is 17.2 Å². The molecule has 0 saturated carbocycles. The van der Waals surface area contributed by atoms with Crippen LogP contribution in [0.25, 0.3) is 10.9 Å². The number of rotatable bonds is 5. The summed E-state index contributed by atoms with van der Waals surface area (Å²) in [7, 11) is 1.69. The normalized spacial score (nSPS) is 15.5. The van der Waals surface area contributed by atoms with Crippen molar-refractivity contribution >= 4 is 16.8 Å². The Morgan fingerprint density at radius 1 is 1.10 bits per heavy atom. The second-order valence-corrected chi connectivity index (χ2v) is 9.37. The van der Waals surface area contributed by atoms with Crippen LogP contribution < -0.4 is 4.74 Å². The predicted molar refractivity (Wildman–Crippen MR) is 122 cm³/mol. The Morgan fingerprint density at radius 3 is 2.43 bits per heavy atom. The number of carbonyl (C=O) groups is 1. The van der Waals surface area contributed by atoms with Crippen LogP contribution in [0.2, 0.25) is 0 Å². The van der Waals surface area contributed by atoms with Gasteiger partial charge in [-0.2, -0.15) is 0 Å². The van der Waals surface area contributed by atoms with Gasteiger partial charge in [-0.1, -0.05) is 45.0 Å². The molecule has 158 valence electrons. The number of nitrogens with one attached hydrogen (secondary N) is 1. The Bertz CT molecular complexity index is 1020. The lowest BCUT2D eigenvalue weighted by molar-refractivity contribution is -0.130. The molecule has 1 saturated heterocycles. The first-order valence-corrected chi connectivity index (χ1v) is 10.9. The van der Waals surface area contributed by atoms with Crippen molar-refractivity contribution in [3.05, 3.63) is 65.4 Å². The van der Waals surface area contributed by atoms with Crippen LogP contribution in [0, 0.1) is 0 Å². The molecular formula is C26H32N2O2. The molecule has 4 heteroatoms. The van der Waals surface area contributed by atoms with Crippen molar-refractivity contribution in [2.75, 3.05) is 20.2 Å². The second-order valence-electron chi connectivity index (χ2n) is 9.37. The molecule has 4 rings (SSSR count). The highest BCUT2D eigenvalue weighted by Crippen LogP contribution is 2.36. The van der Waals surface area contributed by atoms with Crippen molar-refractivity contribution in [2.24, 2.45) is 0 Å². The summed E-state index contributed by atoms with van der Waals surface area (Å²) in [6.07, 6.45) is 4.77. The fraction of sp³-hybridized carbons (Fsp3) is 0.423. The number of benzene rings is 2. The van der Waals surface area contributed by atoms with Crippen LogP contribution in [-0.4, -0.2) is 36.0 Å². The van der Waals surface area contributed by atoms with Gasteiger partial charge in [0.2, 0.25) is 5.91 Å². The number of H-pyrrole nitrogens is 1. The summed E-state index contributed by atoms with van der Waals surface area (Å²) in [6.45, 7) is 8.44. The van der Waals surface area contributed by atoms with Crippen LogP contribution in [0.1, 0.15) is 62.6 Å². The van der Waals surface area contributed by atoms with Crippen LogP contribution >= 0.6 is 0 Å². The maximum Gasteiger partial charge on any atom is 0.223 e. The van der Waals surface area contributed by atoms with Crippen LogP contribution in [-0.2, 0) is 10.2 Å². The Kier molecular flexibility index (Phi) is 5.59. The third-order valence-electron chi connectivity index (χ3n) is 6.31. The van der Waals surface area contributed by atoms with Gasteiger partial charge in [0.25, 0.3) is 0 Å². The summed E-state index contributed by atoms with van der Waals surface area (Å²) in [5.74, 6) is 1.08. The van der Waals surface area contributed by atoms with E-state index in [0.717, 1.165) is 48.1 Å². The molecule has 1 aliphatic rings. The molecule has 1 aromatic heterocycles. The molecule has 0 unspecified atom stereocenters. The highest BCUT2D eigenvalue weighted by Gasteiger charge is 2.26. The van der Waals surface area contributed by atoms with E-state index in [4.69, 9.17) is 4.74 Å². The molecule has 2 heterocycles. The van der Waals surface area contributed by atoms with Crippen molar-refractivity contribution < 1.29 is 9.53 Å². The number of ether oxygens (including phenoxy) is 1. The molecule has 1 N–H and O–H groups in total.